The highest BCUT2D eigenvalue weighted by Crippen LogP contribution is 2.25. The Morgan fingerprint density at radius 3 is 2.70 bits per heavy atom. The van der Waals surface area contributed by atoms with Gasteiger partial charge in [-0.1, -0.05) is 6.07 Å². The summed E-state index contributed by atoms with van der Waals surface area (Å²) in [5.41, 5.74) is 0.685. The molecule has 0 spiro atoms. The van der Waals surface area contributed by atoms with Crippen molar-refractivity contribution in [3.8, 4) is 5.75 Å². The zero-order valence-electron chi connectivity index (χ0n) is 13.8. The van der Waals surface area contributed by atoms with Crippen LogP contribution in [0.1, 0.15) is 36.5 Å². The van der Waals surface area contributed by atoms with Gasteiger partial charge in [0.2, 0.25) is 0 Å². The third kappa shape index (κ3) is 3.67. The van der Waals surface area contributed by atoms with Crippen LogP contribution in [0.4, 0.5) is 0 Å². The molecule has 1 aliphatic heterocycles. The quantitative estimate of drug-likeness (QED) is 0.919. The highest BCUT2D eigenvalue weighted by molar-refractivity contribution is 5.94. The molecule has 23 heavy (non-hydrogen) atoms. The summed E-state index contributed by atoms with van der Waals surface area (Å²) in [5.74, 6) is 0.809. The smallest absolute Gasteiger partial charge is 0.254 e. The zero-order valence-corrected chi connectivity index (χ0v) is 13.8. The maximum absolute atomic E-state index is 12.7. The normalized spacial score (nSPS) is 25.6. The van der Waals surface area contributed by atoms with Crippen LogP contribution >= 0.6 is 0 Å². The summed E-state index contributed by atoms with van der Waals surface area (Å²) in [6.07, 6.45) is 2.90. The molecule has 0 radical (unpaired) electrons. The molecule has 1 aromatic carbocycles. The summed E-state index contributed by atoms with van der Waals surface area (Å²) in [6.45, 7) is 5.67. The highest BCUT2D eigenvalue weighted by atomic mass is 16.5. The van der Waals surface area contributed by atoms with Crippen LogP contribution in [0.2, 0.25) is 0 Å². The number of ether oxygens (including phenoxy) is 1. The van der Waals surface area contributed by atoms with Crippen molar-refractivity contribution in [3.05, 3.63) is 29.8 Å². The Hall–Kier alpha value is -1.59. The van der Waals surface area contributed by atoms with Crippen molar-refractivity contribution in [2.24, 2.45) is 0 Å². The molecule has 2 aliphatic rings. The fourth-order valence-corrected chi connectivity index (χ4v) is 3.67. The monoisotopic (exact) mass is 318 g/mol. The Kier molecular flexibility index (Phi) is 5.18. The summed E-state index contributed by atoms with van der Waals surface area (Å²) in [7, 11) is 0. The number of carbonyl (C=O) groups is 1. The second kappa shape index (κ2) is 7.32. The van der Waals surface area contributed by atoms with Crippen molar-refractivity contribution in [2.75, 3.05) is 32.8 Å². The predicted molar refractivity (Wildman–Crippen MR) is 88.7 cm³/mol. The molecule has 1 saturated carbocycles. The van der Waals surface area contributed by atoms with Gasteiger partial charge in [0, 0.05) is 37.8 Å². The van der Waals surface area contributed by atoms with Gasteiger partial charge in [-0.15, -0.1) is 0 Å². The Bertz CT molecular complexity index is 541. The fourth-order valence-electron chi connectivity index (χ4n) is 3.67. The topological polar surface area (TPSA) is 53.0 Å². The summed E-state index contributed by atoms with van der Waals surface area (Å²) in [6, 6.07) is 7.69. The third-order valence-electron chi connectivity index (χ3n) is 4.91. The van der Waals surface area contributed by atoms with Crippen molar-refractivity contribution in [2.45, 2.75) is 38.3 Å². The van der Waals surface area contributed by atoms with Crippen LogP contribution in [0.25, 0.3) is 0 Å². The minimum atomic E-state index is -0.194. The lowest BCUT2D eigenvalue weighted by Gasteiger charge is -2.39. The summed E-state index contributed by atoms with van der Waals surface area (Å²) < 4.78 is 5.47. The van der Waals surface area contributed by atoms with E-state index in [0.29, 0.717) is 12.2 Å². The van der Waals surface area contributed by atoms with Gasteiger partial charge in [-0.05, 0) is 44.4 Å². The molecular formula is C18H26N2O3. The average molecular weight is 318 g/mol. The van der Waals surface area contributed by atoms with Gasteiger partial charge in [0.1, 0.15) is 5.75 Å². The standard InChI is InChI=1S/C18H26N2O3/c1-2-23-15-6-3-5-14(13-15)18(22)20-11-9-19(10-12-20)16-7-4-8-17(16)21/h3,5-6,13,16-17,21H,2,4,7-12H2,1H3/t16-,17-/m0/s1. The molecule has 126 valence electrons. The van der Waals surface area contributed by atoms with Gasteiger partial charge < -0.3 is 14.7 Å². The number of hydrogen-bond acceptors (Lipinski definition) is 4. The van der Waals surface area contributed by atoms with Crippen LogP contribution in [-0.4, -0.2) is 65.7 Å². The molecule has 1 saturated heterocycles. The van der Waals surface area contributed by atoms with Crippen LogP contribution in [-0.2, 0) is 0 Å². The average Bonchev–Trinajstić information content (AvgIpc) is 3.01. The number of rotatable bonds is 4. The van der Waals surface area contributed by atoms with E-state index in [1.165, 1.54) is 0 Å². The minimum absolute atomic E-state index is 0.0678. The summed E-state index contributed by atoms with van der Waals surface area (Å²) >= 11 is 0. The van der Waals surface area contributed by atoms with E-state index in [0.717, 1.165) is 51.2 Å². The van der Waals surface area contributed by atoms with Gasteiger partial charge in [-0.2, -0.15) is 0 Å². The molecule has 1 aromatic rings. The van der Waals surface area contributed by atoms with Crippen LogP contribution in [0.3, 0.4) is 0 Å². The first-order valence-corrected chi connectivity index (χ1v) is 8.63. The number of hydrogen-bond donors (Lipinski definition) is 1. The van der Waals surface area contributed by atoms with E-state index >= 15 is 0 Å². The first-order chi connectivity index (χ1) is 11.2. The molecule has 5 heteroatoms. The number of carbonyl (C=O) groups excluding carboxylic acids is 1. The van der Waals surface area contributed by atoms with Gasteiger partial charge in [0.05, 0.1) is 12.7 Å². The lowest BCUT2D eigenvalue weighted by Crippen LogP contribution is -2.53. The SMILES string of the molecule is CCOc1cccc(C(=O)N2CCN([C@H]3CCC[C@@H]3O)CC2)c1. The van der Waals surface area contributed by atoms with E-state index in [1.807, 2.05) is 36.1 Å². The lowest BCUT2D eigenvalue weighted by atomic mass is 10.1. The molecule has 2 atom stereocenters. The highest BCUT2D eigenvalue weighted by Gasteiger charge is 2.33. The Morgan fingerprint density at radius 1 is 1.26 bits per heavy atom. The summed E-state index contributed by atoms with van der Waals surface area (Å²) in [5, 5.41) is 10.0. The molecule has 0 aromatic heterocycles. The van der Waals surface area contributed by atoms with E-state index < -0.39 is 0 Å². The minimum Gasteiger partial charge on any atom is -0.494 e. The number of aliphatic hydroxyl groups excluding tert-OH is 1. The molecule has 5 nitrogen and oxygen atoms in total. The van der Waals surface area contributed by atoms with Crippen molar-refractivity contribution >= 4 is 5.91 Å². The number of benzene rings is 1. The van der Waals surface area contributed by atoms with Crippen LogP contribution in [0.5, 0.6) is 5.75 Å². The first-order valence-electron chi connectivity index (χ1n) is 8.63. The first kappa shape index (κ1) is 16.3. The van der Waals surface area contributed by atoms with Crippen molar-refractivity contribution < 1.29 is 14.6 Å². The van der Waals surface area contributed by atoms with E-state index in [9.17, 15) is 9.90 Å². The van der Waals surface area contributed by atoms with Crippen LogP contribution in [0.15, 0.2) is 24.3 Å². The number of amides is 1. The molecule has 1 N–H and O–H groups in total. The van der Waals surface area contributed by atoms with Gasteiger partial charge in [0.25, 0.3) is 5.91 Å². The van der Waals surface area contributed by atoms with Crippen molar-refractivity contribution in [1.29, 1.82) is 0 Å². The molecule has 0 unspecified atom stereocenters. The van der Waals surface area contributed by atoms with Crippen molar-refractivity contribution in [1.82, 2.24) is 9.80 Å². The van der Waals surface area contributed by atoms with Gasteiger partial charge in [0.15, 0.2) is 0 Å². The maximum atomic E-state index is 12.7. The van der Waals surface area contributed by atoms with Crippen LogP contribution < -0.4 is 4.74 Å². The molecule has 3 rings (SSSR count). The molecular weight excluding hydrogens is 292 g/mol. The van der Waals surface area contributed by atoms with E-state index in [-0.39, 0.29) is 18.1 Å². The molecule has 0 bridgehead atoms. The molecule has 1 heterocycles. The number of piperazine rings is 1. The zero-order chi connectivity index (χ0) is 16.2. The third-order valence-corrected chi connectivity index (χ3v) is 4.91. The Balaban J connectivity index is 1.58. The Morgan fingerprint density at radius 2 is 2.04 bits per heavy atom. The van der Waals surface area contributed by atoms with E-state index in [4.69, 9.17) is 4.74 Å². The van der Waals surface area contributed by atoms with E-state index in [2.05, 4.69) is 4.90 Å². The Labute approximate surface area is 137 Å². The van der Waals surface area contributed by atoms with E-state index in [1.54, 1.807) is 0 Å². The summed E-state index contributed by atoms with van der Waals surface area (Å²) in [4.78, 5) is 16.9. The molecule has 2 fully saturated rings. The molecule has 1 amide bonds. The fraction of sp³-hybridized carbons (Fsp3) is 0.611. The number of nitrogens with zero attached hydrogens (tertiary/aromatic N) is 2. The van der Waals surface area contributed by atoms with Gasteiger partial charge in [-0.3, -0.25) is 9.69 Å². The van der Waals surface area contributed by atoms with Gasteiger partial charge >= 0.3 is 0 Å². The van der Waals surface area contributed by atoms with Crippen LogP contribution in [0, 0.1) is 0 Å². The second-order valence-corrected chi connectivity index (χ2v) is 6.35. The maximum Gasteiger partial charge on any atom is 0.254 e. The van der Waals surface area contributed by atoms with Gasteiger partial charge in [-0.25, -0.2) is 0 Å². The predicted octanol–water partition coefficient (Wildman–Crippen LogP) is 1.76. The lowest BCUT2D eigenvalue weighted by molar-refractivity contribution is 0.0315. The number of aliphatic hydroxyl groups is 1. The second-order valence-electron chi connectivity index (χ2n) is 6.35. The molecule has 1 aliphatic carbocycles. The largest absolute Gasteiger partial charge is 0.494 e. The van der Waals surface area contributed by atoms with Crippen molar-refractivity contribution in [3.63, 3.8) is 0 Å².